The number of alkyl halides is 2. The molecule has 0 radical (unpaired) electrons. The van der Waals surface area contributed by atoms with E-state index in [4.69, 9.17) is 11.6 Å². The number of halogens is 3. The van der Waals surface area contributed by atoms with E-state index in [9.17, 15) is 13.3 Å². The smallest absolute Gasteiger partial charge is 0.257 e. The third kappa shape index (κ3) is 5.31. The quantitative estimate of drug-likeness (QED) is 0.256. The number of hydrogen-bond donors (Lipinski definition) is 2. The van der Waals surface area contributed by atoms with Gasteiger partial charge in [0, 0.05) is 42.0 Å². The summed E-state index contributed by atoms with van der Waals surface area (Å²) in [5.74, 6) is -2.46. The lowest BCUT2D eigenvalue weighted by Gasteiger charge is -2.28. The minimum Gasteiger partial charge on any atom is -0.338 e. The number of aryl methyl sites for hydroxylation is 3. The number of hydrogen-bond acceptors (Lipinski definition) is 6. The van der Waals surface area contributed by atoms with Crippen LogP contribution < -0.4 is 15.9 Å². The lowest BCUT2D eigenvalue weighted by Crippen LogP contribution is -2.37. The standard InChI is InChI=1S/C29H33ClF2N5OP/c1-17-4-11-25(26(12-17)39(2,3)38)35-27-24(30)14-33-28(36-27)34-20-8-5-18-6-9-21(10-7-19(18)13-20)37-15-22-23(16-37)29(22,31)32/h4-5,8,11-14,21-23H,6-7,9-10,15-16H2,1-3H3,(H2,33,34,35,36). The summed E-state index contributed by atoms with van der Waals surface area (Å²) in [5.41, 5.74) is 5.20. The number of aromatic nitrogens is 2. The van der Waals surface area contributed by atoms with Crippen molar-refractivity contribution in [3.05, 3.63) is 64.3 Å². The van der Waals surface area contributed by atoms with Gasteiger partial charge in [-0.2, -0.15) is 4.98 Å². The normalized spacial score (nSPS) is 24.0. The van der Waals surface area contributed by atoms with Crippen LogP contribution in [0.3, 0.4) is 0 Å². The average Bonchev–Trinajstić information content (AvgIpc) is 3.18. The number of nitrogens with one attached hydrogen (secondary N) is 2. The zero-order valence-electron chi connectivity index (χ0n) is 22.3. The fraction of sp³-hybridized carbons (Fsp3) is 0.448. The van der Waals surface area contributed by atoms with Gasteiger partial charge in [-0.05, 0) is 81.3 Å². The summed E-state index contributed by atoms with van der Waals surface area (Å²) in [6, 6.07) is 12.4. The highest BCUT2D eigenvalue weighted by atomic mass is 35.5. The molecule has 0 bridgehead atoms. The van der Waals surface area contributed by atoms with E-state index in [0.717, 1.165) is 42.2 Å². The third-order valence-electron chi connectivity index (χ3n) is 8.43. The highest BCUT2D eigenvalue weighted by Gasteiger charge is 2.71. The van der Waals surface area contributed by atoms with E-state index in [2.05, 4.69) is 37.6 Å². The minimum absolute atomic E-state index is 0.360. The van der Waals surface area contributed by atoms with Gasteiger partial charge in [-0.15, -0.1) is 0 Å². The van der Waals surface area contributed by atoms with Crippen molar-refractivity contribution >= 4 is 47.2 Å². The number of nitrogens with zero attached hydrogens (tertiary/aromatic N) is 3. The second-order valence-electron chi connectivity index (χ2n) is 11.6. The lowest BCUT2D eigenvalue weighted by molar-refractivity contribution is 0.0418. The van der Waals surface area contributed by atoms with Crippen molar-refractivity contribution < 1.29 is 13.3 Å². The van der Waals surface area contributed by atoms with Crippen molar-refractivity contribution in [2.75, 3.05) is 37.1 Å². The summed E-state index contributed by atoms with van der Waals surface area (Å²) in [6.45, 7) is 6.53. The highest BCUT2D eigenvalue weighted by molar-refractivity contribution is 7.70. The van der Waals surface area contributed by atoms with E-state index in [1.54, 1.807) is 19.5 Å². The number of benzene rings is 2. The molecule has 1 saturated heterocycles. The molecule has 2 aliphatic carbocycles. The van der Waals surface area contributed by atoms with Crippen molar-refractivity contribution in [3.63, 3.8) is 0 Å². The van der Waals surface area contributed by atoms with Gasteiger partial charge < -0.3 is 15.2 Å². The van der Waals surface area contributed by atoms with Crippen LogP contribution in [0.5, 0.6) is 0 Å². The topological polar surface area (TPSA) is 70.2 Å². The number of anilines is 4. The fourth-order valence-corrected chi connectivity index (χ4v) is 7.50. The molecule has 1 aromatic heterocycles. The first-order valence-electron chi connectivity index (χ1n) is 13.5. The molecular formula is C29H33ClF2N5OP. The molecule has 1 aliphatic heterocycles. The summed E-state index contributed by atoms with van der Waals surface area (Å²) < 4.78 is 40.2. The third-order valence-corrected chi connectivity index (χ3v) is 10.2. The van der Waals surface area contributed by atoms with Gasteiger partial charge in [0.25, 0.3) is 5.92 Å². The van der Waals surface area contributed by atoms with Crippen LogP contribution in [0.1, 0.15) is 29.5 Å². The SMILES string of the molecule is Cc1ccc(Nc2nc(Nc3ccc4c(c3)CCC(N3CC5C(C3)C5(F)F)CC4)ncc2Cl)c(P(C)(C)=O)c1. The van der Waals surface area contributed by atoms with Gasteiger partial charge in [0.1, 0.15) is 12.2 Å². The summed E-state index contributed by atoms with van der Waals surface area (Å²) >= 11 is 6.42. The van der Waals surface area contributed by atoms with Crippen LogP contribution in [0.25, 0.3) is 0 Å². The predicted molar refractivity (Wildman–Crippen MR) is 154 cm³/mol. The van der Waals surface area contributed by atoms with Crippen LogP contribution in [0.15, 0.2) is 42.6 Å². The second kappa shape index (κ2) is 9.83. The van der Waals surface area contributed by atoms with Crippen molar-refractivity contribution in [1.29, 1.82) is 0 Å². The number of piperidine rings is 1. The average molecular weight is 572 g/mol. The Morgan fingerprint density at radius 2 is 1.74 bits per heavy atom. The number of likely N-dealkylation sites (tertiary alicyclic amines) is 1. The molecule has 3 atom stereocenters. The Labute approximate surface area is 232 Å². The Morgan fingerprint density at radius 1 is 1.03 bits per heavy atom. The highest BCUT2D eigenvalue weighted by Crippen LogP contribution is 2.59. The molecule has 2 fully saturated rings. The van der Waals surface area contributed by atoms with Gasteiger partial charge in [0.15, 0.2) is 5.82 Å². The first kappa shape index (κ1) is 26.7. The van der Waals surface area contributed by atoms with Crippen LogP contribution in [0.2, 0.25) is 5.02 Å². The van der Waals surface area contributed by atoms with Gasteiger partial charge in [0.2, 0.25) is 5.95 Å². The molecular weight excluding hydrogens is 539 g/mol. The van der Waals surface area contributed by atoms with Crippen LogP contribution in [0, 0.1) is 18.8 Å². The van der Waals surface area contributed by atoms with Gasteiger partial charge in [-0.1, -0.05) is 29.3 Å². The molecule has 10 heteroatoms. The summed E-state index contributed by atoms with van der Waals surface area (Å²) in [6.07, 6.45) is 5.39. The second-order valence-corrected chi connectivity index (χ2v) is 15.2. The molecule has 0 spiro atoms. The van der Waals surface area contributed by atoms with E-state index < -0.39 is 24.9 Å². The predicted octanol–water partition coefficient (Wildman–Crippen LogP) is 6.62. The van der Waals surface area contributed by atoms with Crippen molar-refractivity contribution in [3.8, 4) is 0 Å². The molecule has 3 unspecified atom stereocenters. The van der Waals surface area contributed by atoms with Crippen LogP contribution in [-0.4, -0.2) is 53.3 Å². The largest absolute Gasteiger partial charge is 0.338 e. The van der Waals surface area contributed by atoms with Crippen LogP contribution in [0.4, 0.5) is 31.9 Å². The summed E-state index contributed by atoms with van der Waals surface area (Å²) in [5, 5.41) is 7.66. The van der Waals surface area contributed by atoms with Gasteiger partial charge in [0.05, 0.1) is 11.9 Å². The Kier molecular flexibility index (Phi) is 6.72. The van der Waals surface area contributed by atoms with E-state index in [1.807, 2.05) is 31.2 Å². The number of rotatable bonds is 6. The molecule has 39 heavy (non-hydrogen) atoms. The Hall–Kier alpha value is -2.54. The number of fused-ring (bicyclic) bond motifs is 2. The monoisotopic (exact) mass is 571 g/mol. The van der Waals surface area contributed by atoms with Crippen LogP contribution in [-0.2, 0) is 17.4 Å². The molecule has 2 N–H and O–H groups in total. The zero-order chi connectivity index (χ0) is 27.5. The van der Waals surface area contributed by atoms with Gasteiger partial charge >= 0.3 is 0 Å². The molecule has 0 amide bonds. The van der Waals surface area contributed by atoms with E-state index in [1.165, 1.54) is 11.1 Å². The summed E-state index contributed by atoms with van der Waals surface area (Å²) in [4.78, 5) is 11.3. The first-order valence-corrected chi connectivity index (χ1v) is 16.4. The molecule has 1 saturated carbocycles. The Bertz CT molecular complexity index is 1460. The van der Waals surface area contributed by atoms with E-state index >= 15 is 0 Å². The molecule has 6 nitrogen and oxygen atoms in total. The van der Waals surface area contributed by atoms with E-state index in [0.29, 0.717) is 41.6 Å². The maximum Gasteiger partial charge on any atom is 0.257 e. The van der Waals surface area contributed by atoms with Gasteiger partial charge in [-0.25, -0.2) is 13.8 Å². The van der Waals surface area contributed by atoms with Crippen LogP contribution >= 0.6 is 18.7 Å². The zero-order valence-corrected chi connectivity index (χ0v) is 24.0. The minimum atomic E-state index is -2.54. The molecule has 206 valence electrons. The molecule has 2 aromatic carbocycles. The molecule has 6 rings (SSSR count). The van der Waals surface area contributed by atoms with Crippen molar-refractivity contribution in [2.24, 2.45) is 11.8 Å². The molecule has 3 aliphatic rings. The van der Waals surface area contributed by atoms with Crippen molar-refractivity contribution in [2.45, 2.75) is 44.6 Å². The lowest BCUT2D eigenvalue weighted by atomic mass is 10.0. The first-order chi connectivity index (χ1) is 18.5. The molecule has 2 heterocycles. The maximum absolute atomic E-state index is 13.7. The molecule has 3 aromatic rings. The Morgan fingerprint density at radius 3 is 2.46 bits per heavy atom. The maximum atomic E-state index is 13.7. The van der Waals surface area contributed by atoms with E-state index in [-0.39, 0.29) is 0 Å². The fourth-order valence-electron chi connectivity index (χ4n) is 6.14. The Balaban J connectivity index is 1.15. The summed E-state index contributed by atoms with van der Waals surface area (Å²) in [7, 11) is -2.54. The van der Waals surface area contributed by atoms with Gasteiger partial charge in [-0.3, -0.25) is 4.90 Å². The van der Waals surface area contributed by atoms with Crippen molar-refractivity contribution in [1.82, 2.24) is 14.9 Å².